The highest BCUT2D eigenvalue weighted by molar-refractivity contribution is 5.11. The maximum Gasteiger partial charge on any atom is 0.0690 e. The number of rotatable bonds is 6. The van der Waals surface area contributed by atoms with Gasteiger partial charge in [0.15, 0.2) is 0 Å². The van der Waals surface area contributed by atoms with Crippen LogP contribution in [0.1, 0.15) is 53.9 Å². The fraction of sp³-hybridized carbons (Fsp3) is 0.882. The lowest BCUT2D eigenvalue weighted by Gasteiger charge is -2.39. The summed E-state index contributed by atoms with van der Waals surface area (Å²) in [7, 11) is 0. The van der Waals surface area contributed by atoms with Gasteiger partial charge < -0.3 is 10.1 Å². The van der Waals surface area contributed by atoms with E-state index >= 15 is 0 Å². The van der Waals surface area contributed by atoms with Gasteiger partial charge in [0.25, 0.3) is 0 Å². The molecule has 3 unspecified atom stereocenters. The van der Waals surface area contributed by atoms with Gasteiger partial charge in [0.1, 0.15) is 0 Å². The summed E-state index contributed by atoms with van der Waals surface area (Å²) in [6, 6.07) is 0.510. The first-order valence-corrected chi connectivity index (χ1v) is 7.79. The average Bonchev–Trinajstić information content (AvgIpc) is 2.66. The number of nitrogens with one attached hydrogen (secondary N) is 1. The Bertz CT molecular complexity index is 347. The average molecular weight is 265 g/mol. The zero-order valence-electron chi connectivity index (χ0n) is 13.4. The second-order valence-electron chi connectivity index (χ2n) is 7.70. The van der Waals surface area contributed by atoms with Crippen molar-refractivity contribution in [1.29, 1.82) is 0 Å². The molecule has 0 saturated heterocycles. The molecular formula is C17H31NO. The fourth-order valence-electron chi connectivity index (χ4n) is 4.00. The van der Waals surface area contributed by atoms with Gasteiger partial charge in [-0.1, -0.05) is 41.2 Å². The maximum absolute atomic E-state index is 6.23. The molecule has 0 aromatic carbocycles. The smallest absolute Gasteiger partial charge is 0.0690 e. The lowest BCUT2D eigenvalue weighted by molar-refractivity contribution is -0.0378. The van der Waals surface area contributed by atoms with Crippen LogP contribution in [-0.4, -0.2) is 25.3 Å². The molecule has 110 valence electrons. The summed E-state index contributed by atoms with van der Waals surface area (Å²) in [5.41, 5.74) is 1.97. The van der Waals surface area contributed by atoms with E-state index in [1.165, 1.54) is 19.3 Å². The second-order valence-corrected chi connectivity index (χ2v) is 7.70. The Morgan fingerprint density at radius 3 is 2.53 bits per heavy atom. The monoisotopic (exact) mass is 265 g/mol. The predicted octanol–water partition coefficient (Wildman–Crippen LogP) is 3.77. The number of ether oxygens (including phenoxy) is 1. The minimum Gasteiger partial charge on any atom is -0.373 e. The van der Waals surface area contributed by atoms with Crippen LogP contribution in [0.2, 0.25) is 0 Å². The minimum absolute atomic E-state index is 0.365. The SMILES string of the molecule is C=C(CNC(C)C)COC1CC2CCC1(C)C2(C)C. The molecule has 0 heterocycles. The summed E-state index contributed by atoms with van der Waals surface area (Å²) >= 11 is 0. The molecule has 1 N–H and O–H groups in total. The molecule has 0 amide bonds. The number of hydrogen-bond donors (Lipinski definition) is 1. The molecule has 2 aliphatic rings. The largest absolute Gasteiger partial charge is 0.373 e. The van der Waals surface area contributed by atoms with Crippen LogP contribution in [0.4, 0.5) is 0 Å². The van der Waals surface area contributed by atoms with Gasteiger partial charge in [0.05, 0.1) is 12.7 Å². The quantitative estimate of drug-likeness (QED) is 0.738. The van der Waals surface area contributed by atoms with Gasteiger partial charge in [-0.15, -0.1) is 0 Å². The van der Waals surface area contributed by atoms with E-state index in [9.17, 15) is 0 Å². The summed E-state index contributed by atoms with van der Waals surface area (Å²) in [5, 5.41) is 3.40. The van der Waals surface area contributed by atoms with E-state index in [2.05, 4.69) is 46.5 Å². The summed E-state index contributed by atoms with van der Waals surface area (Å²) in [5.74, 6) is 0.851. The van der Waals surface area contributed by atoms with E-state index in [1.807, 2.05) is 0 Å². The van der Waals surface area contributed by atoms with Crippen molar-refractivity contribution < 1.29 is 4.74 Å². The van der Waals surface area contributed by atoms with E-state index in [0.29, 0.717) is 29.6 Å². The van der Waals surface area contributed by atoms with E-state index in [1.54, 1.807) is 0 Å². The van der Waals surface area contributed by atoms with Crippen LogP contribution < -0.4 is 5.32 Å². The molecule has 2 saturated carbocycles. The van der Waals surface area contributed by atoms with Gasteiger partial charge >= 0.3 is 0 Å². The molecule has 2 heteroatoms. The number of fused-ring (bicyclic) bond motifs is 2. The van der Waals surface area contributed by atoms with Crippen molar-refractivity contribution >= 4 is 0 Å². The van der Waals surface area contributed by atoms with Gasteiger partial charge in [-0.05, 0) is 41.6 Å². The minimum atomic E-state index is 0.365. The van der Waals surface area contributed by atoms with Gasteiger partial charge in [0.2, 0.25) is 0 Å². The highest BCUT2D eigenvalue weighted by Crippen LogP contribution is 2.66. The summed E-state index contributed by atoms with van der Waals surface area (Å²) < 4.78 is 6.23. The van der Waals surface area contributed by atoms with Gasteiger partial charge in [-0.2, -0.15) is 0 Å². The molecule has 2 aliphatic carbocycles. The Morgan fingerprint density at radius 1 is 1.37 bits per heavy atom. The van der Waals surface area contributed by atoms with Crippen LogP contribution >= 0.6 is 0 Å². The zero-order valence-corrected chi connectivity index (χ0v) is 13.4. The van der Waals surface area contributed by atoms with E-state index in [4.69, 9.17) is 4.74 Å². The van der Waals surface area contributed by atoms with Crippen LogP contribution in [0.3, 0.4) is 0 Å². The van der Waals surface area contributed by atoms with Crippen molar-refractivity contribution in [2.45, 2.75) is 66.0 Å². The molecule has 3 atom stereocenters. The lowest BCUT2D eigenvalue weighted by Crippen LogP contribution is -2.37. The van der Waals surface area contributed by atoms with Crippen molar-refractivity contribution in [2.75, 3.05) is 13.2 Å². The third kappa shape index (κ3) is 2.62. The highest BCUT2D eigenvalue weighted by atomic mass is 16.5. The van der Waals surface area contributed by atoms with Crippen molar-refractivity contribution in [3.63, 3.8) is 0 Å². The fourth-order valence-corrected chi connectivity index (χ4v) is 4.00. The van der Waals surface area contributed by atoms with E-state index in [-0.39, 0.29) is 0 Å². The molecule has 0 aromatic rings. The van der Waals surface area contributed by atoms with Crippen molar-refractivity contribution in [3.05, 3.63) is 12.2 Å². The van der Waals surface area contributed by atoms with Crippen molar-refractivity contribution in [2.24, 2.45) is 16.7 Å². The first-order chi connectivity index (χ1) is 8.77. The molecule has 19 heavy (non-hydrogen) atoms. The third-order valence-electron chi connectivity index (χ3n) is 5.96. The molecule has 0 aliphatic heterocycles. The standard InChI is InChI=1S/C17H31NO/c1-12(2)18-10-13(3)11-19-15-9-14-7-8-17(15,6)16(14,4)5/h12,14-15,18H,3,7-11H2,1-2,4-6H3. The van der Waals surface area contributed by atoms with Crippen molar-refractivity contribution in [1.82, 2.24) is 5.32 Å². The van der Waals surface area contributed by atoms with Crippen molar-refractivity contribution in [3.8, 4) is 0 Å². The molecule has 2 bridgehead atoms. The maximum atomic E-state index is 6.23. The van der Waals surface area contributed by atoms with Crippen LogP contribution in [0, 0.1) is 16.7 Å². The highest BCUT2D eigenvalue weighted by Gasteiger charge is 2.61. The summed E-state index contributed by atoms with van der Waals surface area (Å²) in [4.78, 5) is 0. The molecule has 0 spiro atoms. The van der Waals surface area contributed by atoms with Crippen LogP contribution in [-0.2, 0) is 4.74 Å². The summed E-state index contributed by atoms with van der Waals surface area (Å²) in [6.45, 7) is 17.3. The molecule has 2 nitrogen and oxygen atoms in total. The number of hydrogen-bond acceptors (Lipinski definition) is 2. The Balaban J connectivity index is 1.84. The van der Waals surface area contributed by atoms with Gasteiger partial charge in [-0.25, -0.2) is 0 Å². The Kier molecular flexibility index (Phi) is 4.13. The Morgan fingerprint density at radius 2 is 2.05 bits per heavy atom. The van der Waals surface area contributed by atoms with E-state index < -0.39 is 0 Å². The third-order valence-corrected chi connectivity index (χ3v) is 5.96. The second kappa shape index (κ2) is 5.21. The topological polar surface area (TPSA) is 21.3 Å². The normalized spacial score (nSPS) is 36.1. The molecular weight excluding hydrogens is 234 g/mol. The Labute approximate surface area is 119 Å². The molecule has 2 fully saturated rings. The molecule has 0 aromatic heterocycles. The van der Waals surface area contributed by atoms with Crippen LogP contribution in [0.25, 0.3) is 0 Å². The Hall–Kier alpha value is -0.340. The van der Waals surface area contributed by atoms with Gasteiger partial charge in [-0.3, -0.25) is 0 Å². The van der Waals surface area contributed by atoms with Crippen LogP contribution in [0.5, 0.6) is 0 Å². The molecule has 2 rings (SSSR count). The summed E-state index contributed by atoms with van der Waals surface area (Å²) in [6.07, 6.45) is 4.39. The predicted molar refractivity (Wildman–Crippen MR) is 81.2 cm³/mol. The van der Waals surface area contributed by atoms with Gasteiger partial charge in [0, 0.05) is 12.6 Å². The molecule has 0 radical (unpaired) electrons. The first-order valence-electron chi connectivity index (χ1n) is 7.79. The zero-order chi connectivity index (χ0) is 14.3. The lowest BCUT2D eigenvalue weighted by atomic mass is 9.70. The van der Waals surface area contributed by atoms with Crippen LogP contribution in [0.15, 0.2) is 12.2 Å². The van der Waals surface area contributed by atoms with E-state index in [0.717, 1.165) is 18.0 Å². The first kappa shape index (κ1) is 15.1.